The Morgan fingerprint density at radius 2 is 1.56 bits per heavy atom. The first-order valence-electron chi connectivity index (χ1n) is 11.7. The Labute approximate surface area is 187 Å². The summed E-state index contributed by atoms with van der Waals surface area (Å²) in [6.45, 7) is 4.05. The molecule has 0 spiro atoms. The molecule has 0 heterocycles. The number of benzene rings is 2. The average molecular weight is 447 g/mol. The van der Waals surface area contributed by atoms with Gasteiger partial charge in [0.15, 0.2) is 23.2 Å². The van der Waals surface area contributed by atoms with Crippen molar-refractivity contribution in [2.24, 2.45) is 17.8 Å². The van der Waals surface area contributed by atoms with E-state index < -0.39 is 23.3 Å². The Kier molecular flexibility index (Phi) is 6.92. The summed E-state index contributed by atoms with van der Waals surface area (Å²) in [4.78, 5) is 0. The van der Waals surface area contributed by atoms with Crippen LogP contribution in [0.4, 0.5) is 17.6 Å². The van der Waals surface area contributed by atoms with Gasteiger partial charge in [-0.1, -0.05) is 43.5 Å². The lowest BCUT2D eigenvalue weighted by molar-refractivity contribution is 0.314. The van der Waals surface area contributed by atoms with Crippen molar-refractivity contribution in [1.29, 1.82) is 0 Å². The summed E-state index contributed by atoms with van der Waals surface area (Å²) in [6.07, 6.45) is 9.45. The van der Waals surface area contributed by atoms with Crippen molar-refractivity contribution < 1.29 is 22.3 Å². The van der Waals surface area contributed by atoms with Crippen molar-refractivity contribution in [1.82, 2.24) is 0 Å². The summed E-state index contributed by atoms with van der Waals surface area (Å²) in [5.74, 6) is -2.74. The molecule has 4 rings (SSSR count). The number of aryl methyl sites for hydroxylation is 1. The van der Waals surface area contributed by atoms with Crippen molar-refractivity contribution >= 4 is 0 Å². The van der Waals surface area contributed by atoms with Crippen LogP contribution in [-0.2, 0) is 6.42 Å². The predicted octanol–water partition coefficient (Wildman–Crippen LogP) is 8.01. The quantitative estimate of drug-likeness (QED) is 0.295. The van der Waals surface area contributed by atoms with E-state index in [2.05, 4.69) is 13.0 Å². The van der Waals surface area contributed by atoms with E-state index in [-0.39, 0.29) is 29.0 Å². The van der Waals surface area contributed by atoms with Crippen LogP contribution in [0.1, 0.15) is 57.9 Å². The second-order valence-corrected chi connectivity index (χ2v) is 8.98. The van der Waals surface area contributed by atoms with Crippen LogP contribution in [0.3, 0.4) is 0 Å². The topological polar surface area (TPSA) is 9.23 Å². The molecule has 1 nitrogen and oxygen atoms in total. The van der Waals surface area contributed by atoms with E-state index in [9.17, 15) is 17.6 Å². The van der Waals surface area contributed by atoms with Crippen LogP contribution in [-0.4, -0.2) is 6.61 Å². The zero-order chi connectivity index (χ0) is 22.8. The van der Waals surface area contributed by atoms with Gasteiger partial charge in [0.2, 0.25) is 5.82 Å². The van der Waals surface area contributed by atoms with Crippen LogP contribution in [0.15, 0.2) is 35.9 Å². The van der Waals surface area contributed by atoms with E-state index in [4.69, 9.17) is 4.74 Å². The van der Waals surface area contributed by atoms with Crippen molar-refractivity contribution in [3.05, 3.63) is 64.7 Å². The highest BCUT2D eigenvalue weighted by atomic mass is 19.2. The first kappa shape index (κ1) is 22.9. The minimum Gasteiger partial charge on any atom is -0.491 e. The summed E-state index contributed by atoms with van der Waals surface area (Å²) < 4.78 is 63.4. The third kappa shape index (κ3) is 4.18. The SMILES string of the molecule is CCCC1CCC2C(CCc3ccc(-c4ccc(OCC)c(F)c4F)c(F)c3F)=CCC12. The van der Waals surface area contributed by atoms with Crippen LogP contribution in [0.25, 0.3) is 11.1 Å². The maximum Gasteiger partial charge on any atom is 0.201 e. The smallest absolute Gasteiger partial charge is 0.201 e. The molecule has 0 amide bonds. The van der Waals surface area contributed by atoms with Gasteiger partial charge >= 0.3 is 0 Å². The number of rotatable bonds is 8. The van der Waals surface area contributed by atoms with Gasteiger partial charge in [-0.05, 0) is 74.5 Å². The summed E-state index contributed by atoms with van der Waals surface area (Å²) in [5, 5.41) is 0. The van der Waals surface area contributed by atoms with Gasteiger partial charge in [-0.3, -0.25) is 0 Å². The summed E-state index contributed by atoms with van der Waals surface area (Å²) in [6, 6.07) is 5.28. The Hall–Kier alpha value is -2.30. The molecule has 3 unspecified atom stereocenters. The molecule has 3 atom stereocenters. The number of fused-ring (bicyclic) bond motifs is 1. The molecule has 0 aliphatic heterocycles. The number of ether oxygens (including phenoxy) is 1. The van der Waals surface area contributed by atoms with Gasteiger partial charge in [0.25, 0.3) is 0 Å². The lowest BCUT2D eigenvalue weighted by Gasteiger charge is -2.19. The molecule has 172 valence electrons. The molecule has 2 aromatic rings. The highest BCUT2D eigenvalue weighted by Gasteiger charge is 2.39. The Balaban J connectivity index is 1.49. The van der Waals surface area contributed by atoms with Gasteiger partial charge < -0.3 is 4.74 Å². The van der Waals surface area contributed by atoms with E-state index in [0.717, 1.165) is 12.3 Å². The highest BCUT2D eigenvalue weighted by molar-refractivity contribution is 5.66. The first-order chi connectivity index (χ1) is 15.5. The molecule has 32 heavy (non-hydrogen) atoms. The maximum absolute atomic E-state index is 14.8. The number of hydrogen-bond acceptors (Lipinski definition) is 1. The molecule has 1 saturated carbocycles. The van der Waals surface area contributed by atoms with Crippen molar-refractivity contribution in [3.8, 4) is 16.9 Å². The third-order valence-electron chi connectivity index (χ3n) is 7.24. The molecular weight excluding hydrogens is 416 g/mol. The fourth-order valence-electron chi connectivity index (χ4n) is 5.70. The molecule has 0 bridgehead atoms. The normalized spacial score (nSPS) is 22.2. The summed E-state index contributed by atoms with van der Waals surface area (Å²) in [5.41, 5.74) is 1.04. The number of hydrogen-bond donors (Lipinski definition) is 0. The van der Waals surface area contributed by atoms with Crippen LogP contribution in [0.2, 0.25) is 0 Å². The Morgan fingerprint density at radius 3 is 2.28 bits per heavy atom. The number of allylic oxidation sites excluding steroid dienone is 2. The van der Waals surface area contributed by atoms with Crippen molar-refractivity contribution in [3.63, 3.8) is 0 Å². The van der Waals surface area contributed by atoms with E-state index in [1.54, 1.807) is 6.92 Å². The monoisotopic (exact) mass is 446 g/mol. The van der Waals surface area contributed by atoms with E-state index in [0.29, 0.717) is 24.7 Å². The van der Waals surface area contributed by atoms with Gasteiger partial charge in [0.05, 0.1) is 6.61 Å². The largest absolute Gasteiger partial charge is 0.491 e. The maximum atomic E-state index is 14.8. The number of halogens is 4. The minimum absolute atomic E-state index is 0.171. The van der Waals surface area contributed by atoms with Crippen molar-refractivity contribution in [2.75, 3.05) is 6.61 Å². The van der Waals surface area contributed by atoms with Crippen LogP contribution < -0.4 is 4.74 Å². The van der Waals surface area contributed by atoms with E-state index in [1.165, 1.54) is 55.5 Å². The standard InChI is InChI=1S/C27H30F4O/c1-3-5-16-8-11-20-17(9-12-19(16)20)6-7-18-10-13-21(25(29)24(18)28)22-14-15-23(32-4-2)27(31)26(22)30/h9-10,13-16,19-20H,3-8,11-12H2,1-2H3. The molecular formula is C27H30F4O. The van der Waals surface area contributed by atoms with Gasteiger partial charge in [-0.25, -0.2) is 13.2 Å². The molecule has 0 aromatic heterocycles. The molecule has 0 radical (unpaired) electrons. The molecule has 0 saturated heterocycles. The van der Waals surface area contributed by atoms with Crippen LogP contribution >= 0.6 is 0 Å². The summed E-state index contributed by atoms with van der Waals surface area (Å²) in [7, 11) is 0. The van der Waals surface area contributed by atoms with Crippen LogP contribution in [0, 0.1) is 41.0 Å². The third-order valence-corrected chi connectivity index (χ3v) is 7.24. The van der Waals surface area contributed by atoms with Gasteiger partial charge in [0.1, 0.15) is 0 Å². The Morgan fingerprint density at radius 1 is 0.844 bits per heavy atom. The van der Waals surface area contributed by atoms with Crippen LogP contribution in [0.5, 0.6) is 5.75 Å². The zero-order valence-electron chi connectivity index (χ0n) is 18.7. The van der Waals surface area contributed by atoms with E-state index >= 15 is 0 Å². The lowest BCUT2D eigenvalue weighted by atomic mass is 9.85. The van der Waals surface area contributed by atoms with Crippen molar-refractivity contribution in [2.45, 2.75) is 58.8 Å². The summed E-state index contributed by atoms with van der Waals surface area (Å²) >= 11 is 0. The van der Waals surface area contributed by atoms with Gasteiger partial charge in [-0.2, -0.15) is 4.39 Å². The molecule has 0 N–H and O–H groups in total. The molecule has 2 aromatic carbocycles. The first-order valence-corrected chi connectivity index (χ1v) is 11.7. The molecule has 1 fully saturated rings. The van der Waals surface area contributed by atoms with E-state index in [1.807, 2.05) is 0 Å². The zero-order valence-corrected chi connectivity index (χ0v) is 18.7. The molecule has 5 heteroatoms. The average Bonchev–Trinajstić information content (AvgIpc) is 3.37. The minimum atomic E-state index is -1.24. The molecule has 2 aliphatic rings. The second-order valence-electron chi connectivity index (χ2n) is 8.98. The second kappa shape index (κ2) is 9.68. The fraction of sp³-hybridized carbons (Fsp3) is 0.481. The highest BCUT2D eigenvalue weighted by Crippen LogP contribution is 2.50. The van der Waals surface area contributed by atoms with Gasteiger partial charge in [0, 0.05) is 11.1 Å². The van der Waals surface area contributed by atoms with Gasteiger partial charge in [-0.15, -0.1) is 0 Å². The predicted molar refractivity (Wildman–Crippen MR) is 119 cm³/mol. The lowest BCUT2D eigenvalue weighted by Crippen LogP contribution is -2.11. The fourth-order valence-corrected chi connectivity index (χ4v) is 5.70. The Bertz CT molecular complexity index is 1010. The molecule has 2 aliphatic carbocycles.